The molecular weight excluding hydrogens is 348 g/mol. The Bertz CT molecular complexity index is 937. The fourth-order valence-electron chi connectivity index (χ4n) is 3.72. The Labute approximate surface area is 154 Å². The van der Waals surface area contributed by atoms with Crippen molar-refractivity contribution in [1.82, 2.24) is 0 Å². The van der Waals surface area contributed by atoms with E-state index in [4.69, 9.17) is 0 Å². The van der Waals surface area contributed by atoms with Crippen molar-refractivity contribution in [2.24, 2.45) is 5.92 Å². The first-order valence-electron chi connectivity index (χ1n) is 8.90. The van der Waals surface area contributed by atoms with E-state index < -0.39 is 10.0 Å². The zero-order valence-corrected chi connectivity index (χ0v) is 15.5. The summed E-state index contributed by atoms with van der Waals surface area (Å²) in [5.41, 5.74) is 3.35. The van der Waals surface area contributed by atoms with Gasteiger partial charge in [0.25, 0.3) is 0 Å². The van der Waals surface area contributed by atoms with Gasteiger partial charge in [0, 0.05) is 12.2 Å². The lowest BCUT2D eigenvalue weighted by molar-refractivity contribution is -0.118. The van der Waals surface area contributed by atoms with Crippen LogP contribution in [0.15, 0.2) is 48.5 Å². The molecule has 0 saturated heterocycles. The first-order valence-corrected chi connectivity index (χ1v) is 10.7. The van der Waals surface area contributed by atoms with Gasteiger partial charge in [-0.3, -0.25) is 9.10 Å². The highest BCUT2D eigenvalue weighted by Gasteiger charge is 2.37. The third kappa shape index (κ3) is 3.33. The Balaban J connectivity index is 1.58. The quantitative estimate of drug-likeness (QED) is 0.879. The molecule has 2 aliphatic rings. The summed E-state index contributed by atoms with van der Waals surface area (Å²) in [5, 5.41) is 3.00. The van der Waals surface area contributed by atoms with Gasteiger partial charge in [0.15, 0.2) is 0 Å². The minimum Gasteiger partial charge on any atom is -0.325 e. The molecule has 1 aliphatic heterocycles. The number of nitrogens with zero attached hydrogens (tertiary/aromatic N) is 1. The summed E-state index contributed by atoms with van der Waals surface area (Å²) in [6, 6.07) is 15.4. The highest BCUT2D eigenvalue weighted by Crippen LogP contribution is 2.43. The summed E-state index contributed by atoms with van der Waals surface area (Å²) in [6.45, 7) is 0.459. The first-order chi connectivity index (χ1) is 12.4. The molecule has 6 heteroatoms. The van der Waals surface area contributed by atoms with Crippen LogP contribution in [-0.4, -0.2) is 27.1 Å². The fourth-order valence-corrected chi connectivity index (χ4v) is 4.67. The molecule has 1 atom stereocenters. The second-order valence-corrected chi connectivity index (χ2v) is 9.05. The molecule has 4 rings (SSSR count). The van der Waals surface area contributed by atoms with E-state index in [1.165, 1.54) is 10.6 Å². The molecule has 1 amide bonds. The normalized spacial score (nSPS) is 17.7. The standard InChI is InChI=1S/C20H22N2O3S/c1-26(24,25)22-12-11-14-9-10-17(13-18(14)22)21-20(23)19(16-7-8-16)15-5-3-2-4-6-15/h2-6,9-10,13,16,19H,7-8,11-12H2,1H3,(H,21,23). The molecule has 1 N–H and O–H groups in total. The van der Waals surface area contributed by atoms with Crippen LogP contribution in [0.2, 0.25) is 0 Å². The van der Waals surface area contributed by atoms with Gasteiger partial charge in [0.05, 0.1) is 17.9 Å². The number of amides is 1. The summed E-state index contributed by atoms with van der Waals surface area (Å²) < 4.78 is 25.3. The lowest BCUT2D eigenvalue weighted by atomic mass is 9.93. The number of benzene rings is 2. The van der Waals surface area contributed by atoms with Gasteiger partial charge in [-0.25, -0.2) is 8.42 Å². The van der Waals surface area contributed by atoms with E-state index in [2.05, 4.69) is 5.32 Å². The maximum atomic E-state index is 12.9. The van der Waals surface area contributed by atoms with E-state index >= 15 is 0 Å². The fraction of sp³-hybridized carbons (Fsp3) is 0.350. The Kier molecular flexibility index (Phi) is 4.23. The molecule has 0 aromatic heterocycles. The van der Waals surface area contributed by atoms with E-state index in [-0.39, 0.29) is 11.8 Å². The van der Waals surface area contributed by atoms with Crippen molar-refractivity contribution >= 4 is 27.3 Å². The number of rotatable bonds is 5. The molecule has 2 aromatic rings. The third-order valence-corrected chi connectivity index (χ3v) is 6.32. The summed E-state index contributed by atoms with van der Waals surface area (Å²) in [4.78, 5) is 12.9. The number of carbonyl (C=O) groups is 1. The summed E-state index contributed by atoms with van der Waals surface area (Å²) in [5.74, 6) is 0.206. The number of sulfonamides is 1. The highest BCUT2D eigenvalue weighted by atomic mass is 32.2. The maximum absolute atomic E-state index is 12.9. The third-order valence-electron chi connectivity index (χ3n) is 5.14. The Morgan fingerprint density at radius 2 is 1.88 bits per heavy atom. The van der Waals surface area contributed by atoms with Gasteiger partial charge in [0.2, 0.25) is 15.9 Å². The minimum absolute atomic E-state index is 0.0254. The zero-order chi connectivity index (χ0) is 18.3. The minimum atomic E-state index is -3.30. The largest absolute Gasteiger partial charge is 0.325 e. The monoisotopic (exact) mass is 370 g/mol. The Morgan fingerprint density at radius 3 is 2.54 bits per heavy atom. The second kappa shape index (κ2) is 6.43. The molecule has 26 heavy (non-hydrogen) atoms. The van der Waals surface area contributed by atoms with Crippen LogP contribution in [0.5, 0.6) is 0 Å². The van der Waals surface area contributed by atoms with Gasteiger partial charge in [-0.15, -0.1) is 0 Å². The van der Waals surface area contributed by atoms with Crippen molar-refractivity contribution in [2.75, 3.05) is 22.4 Å². The lowest BCUT2D eigenvalue weighted by Crippen LogP contribution is -2.27. The van der Waals surface area contributed by atoms with Crippen LogP contribution in [0.25, 0.3) is 0 Å². The van der Waals surface area contributed by atoms with Gasteiger partial charge in [-0.1, -0.05) is 36.4 Å². The summed E-state index contributed by atoms with van der Waals surface area (Å²) in [6.07, 6.45) is 4.05. The van der Waals surface area contributed by atoms with Crippen molar-refractivity contribution in [3.8, 4) is 0 Å². The molecule has 136 valence electrons. The average Bonchev–Trinajstić information content (AvgIpc) is 3.32. The summed E-state index contributed by atoms with van der Waals surface area (Å²) >= 11 is 0. The first kappa shape index (κ1) is 17.1. The van der Waals surface area contributed by atoms with Crippen LogP contribution in [0.4, 0.5) is 11.4 Å². The molecule has 0 radical (unpaired) electrons. The number of fused-ring (bicyclic) bond motifs is 1. The van der Waals surface area contributed by atoms with Crippen LogP contribution < -0.4 is 9.62 Å². The number of hydrogen-bond donors (Lipinski definition) is 1. The molecule has 1 fully saturated rings. The molecule has 1 heterocycles. The lowest BCUT2D eigenvalue weighted by Gasteiger charge is -2.19. The second-order valence-electron chi connectivity index (χ2n) is 7.14. The molecule has 0 bridgehead atoms. The predicted molar refractivity (Wildman–Crippen MR) is 103 cm³/mol. The van der Waals surface area contributed by atoms with Gasteiger partial charge in [-0.05, 0) is 48.4 Å². The van der Waals surface area contributed by atoms with E-state index in [9.17, 15) is 13.2 Å². The van der Waals surface area contributed by atoms with Crippen molar-refractivity contribution in [2.45, 2.75) is 25.2 Å². The van der Waals surface area contributed by atoms with Gasteiger partial charge in [-0.2, -0.15) is 0 Å². The van der Waals surface area contributed by atoms with Crippen LogP contribution in [0, 0.1) is 5.92 Å². The van der Waals surface area contributed by atoms with Crippen molar-refractivity contribution in [3.05, 3.63) is 59.7 Å². The van der Waals surface area contributed by atoms with Crippen LogP contribution in [-0.2, 0) is 21.2 Å². The van der Waals surface area contributed by atoms with Gasteiger partial charge >= 0.3 is 0 Å². The SMILES string of the molecule is CS(=O)(=O)N1CCc2ccc(NC(=O)C(c3ccccc3)C3CC3)cc21. The molecule has 2 aromatic carbocycles. The molecule has 5 nitrogen and oxygen atoms in total. The van der Waals surface area contributed by atoms with Gasteiger partial charge in [0.1, 0.15) is 0 Å². The van der Waals surface area contributed by atoms with Crippen molar-refractivity contribution in [1.29, 1.82) is 0 Å². The Hall–Kier alpha value is -2.34. The van der Waals surface area contributed by atoms with Crippen LogP contribution in [0.3, 0.4) is 0 Å². The topological polar surface area (TPSA) is 66.5 Å². The van der Waals surface area contributed by atoms with Crippen LogP contribution >= 0.6 is 0 Å². The number of carbonyl (C=O) groups excluding carboxylic acids is 1. The number of nitrogens with one attached hydrogen (secondary N) is 1. The average molecular weight is 370 g/mol. The van der Waals surface area contributed by atoms with E-state index in [1.807, 2.05) is 42.5 Å². The zero-order valence-electron chi connectivity index (χ0n) is 14.7. The Morgan fingerprint density at radius 1 is 1.15 bits per heavy atom. The molecule has 0 spiro atoms. The van der Waals surface area contributed by atoms with E-state index in [0.717, 1.165) is 24.0 Å². The molecule has 1 unspecified atom stereocenters. The smallest absolute Gasteiger partial charge is 0.232 e. The van der Waals surface area contributed by atoms with E-state index in [0.29, 0.717) is 30.3 Å². The molecule has 1 aliphatic carbocycles. The molecular formula is C20H22N2O3S. The number of anilines is 2. The number of hydrogen-bond acceptors (Lipinski definition) is 3. The van der Waals surface area contributed by atoms with E-state index in [1.54, 1.807) is 6.07 Å². The predicted octanol–water partition coefficient (Wildman–Crippen LogP) is 3.14. The highest BCUT2D eigenvalue weighted by molar-refractivity contribution is 7.92. The maximum Gasteiger partial charge on any atom is 0.232 e. The van der Waals surface area contributed by atoms with Crippen LogP contribution in [0.1, 0.15) is 29.9 Å². The van der Waals surface area contributed by atoms with Crippen molar-refractivity contribution in [3.63, 3.8) is 0 Å². The molecule has 1 saturated carbocycles. The van der Waals surface area contributed by atoms with Crippen molar-refractivity contribution < 1.29 is 13.2 Å². The van der Waals surface area contributed by atoms with Gasteiger partial charge < -0.3 is 5.32 Å². The summed E-state index contributed by atoms with van der Waals surface area (Å²) in [7, 11) is -3.30.